The van der Waals surface area contributed by atoms with Crippen molar-refractivity contribution in [2.75, 3.05) is 39.8 Å². The number of aromatic nitrogens is 5. The molecular formula is C32H36N8O3. The van der Waals surface area contributed by atoms with Gasteiger partial charge in [-0.15, -0.1) is 5.10 Å². The molecule has 2 aromatic carbocycles. The number of benzene rings is 2. The number of nitrogens with one attached hydrogen (secondary N) is 1. The van der Waals surface area contributed by atoms with E-state index in [9.17, 15) is 9.59 Å². The van der Waals surface area contributed by atoms with Crippen molar-refractivity contribution in [2.24, 2.45) is 0 Å². The first kappa shape index (κ1) is 28.5. The summed E-state index contributed by atoms with van der Waals surface area (Å²) in [6.07, 6.45) is 7.46. The minimum absolute atomic E-state index is 0.0670. The number of methoxy groups -OCH3 is 1. The number of carbonyl (C=O) groups excluding carboxylic acids is 2. The van der Waals surface area contributed by atoms with E-state index in [1.54, 1.807) is 25.4 Å². The number of amides is 2. The molecule has 0 spiro atoms. The van der Waals surface area contributed by atoms with Crippen molar-refractivity contribution in [3.05, 3.63) is 96.1 Å². The van der Waals surface area contributed by atoms with Crippen LogP contribution >= 0.6 is 0 Å². The SMILES string of the molecule is COc1ccc(-n2cnnn2)cc1C(=O)N1CCC(CCN2CCC(NC=O)(c3ccccn3)CC2)(c2ccccc2)C1. The van der Waals surface area contributed by atoms with E-state index in [0.29, 0.717) is 30.1 Å². The van der Waals surface area contributed by atoms with Gasteiger partial charge in [0.15, 0.2) is 0 Å². The highest BCUT2D eigenvalue weighted by atomic mass is 16.5. The van der Waals surface area contributed by atoms with Gasteiger partial charge in [0.1, 0.15) is 12.1 Å². The van der Waals surface area contributed by atoms with Crippen LogP contribution in [-0.4, -0.2) is 87.1 Å². The van der Waals surface area contributed by atoms with E-state index in [0.717, 1.165) is 57.4 Å². The summed E-state index contributed by atoms with van der Waals surface area (Å²) < 4.78 is 7.11. The number of hydrogen-bond donors (Lipinski definition) is 1. The lowest BCUT2D eigenvalue weighted by Crippen LogP contribution is -2.51. The van der Waals surface area contributed by atoms with Gasteiger partial charge < -0.3 is 19.9 Å². The van der Waals surface area contributed by atoms with Gasteiger partial charge in [0.05, 0.1) is 29.6 Å². The number of likely N-dealkylation sites (tertiary alicyclic amines) is 2. The lowest BCUT2D eigenvalue weighted by Gasteiger charge is -2.42. The standard InChI is InChI=1S/C32H36N8O3/c1-43-28-11-10-26(40-23-35-36-37-40)21-27(28)30(42)39-20-13-31(22-39,25-7-3-2-4-8-25)12-17-38-18-14-32(15-19-38,34-24-41)29-9-5-6-16-33-29/h2-11,16,21,23-24H,12-15,17-20,22H2,1H3,(H,34,41). The third-order valence-electron chi connectivity index (χ3n) is 9.16. The molecule has 4 aromatic rings. The van der Waals surface area contributed by atoms with E-state index in [4.69, 9.17) is 4.74 Å². The second kappa shape index (κ2) is 12.3. The first-order chi connectivity index (χ1) is 21.1. The zero-order valence-corrected chi connectivity index (χ0v) is 24.3. The van der Waals surface area contributed by atoms with Gasteiger partial charge in [-0.25, -0.2) is 4.68 Å². The maximum atomic E-state index is 14.0. The molecule has 1 atom stereocenters. The number of ether oxygens (including phenoxy) is 1. The lowest BCUT2D eigenvalue weighted by atomic mass is 9.76. The summed E-state index contributed by atoms with van der Waals surface area (Å²) in [6.45, 7) is 3.87. The summed E-state index contributed by atoms with van der Waals surface area (Å²) in [5.41, 5.74) is 2.73. The van der Waals surface area contributed by atoms with Crippen LogP contribution in [0.25, 0.3) is 5.69 Å². The molecule has 2 amide bonds. The quantitative estimate of drug-likeness (QED) is 0.285. The highest BCUT2D eigenvalue weighted by Crippen LogP contribution is 2.40. The van der Waals surface area contributed by atoms with Crippen molar-refractivity contribution in [1.29, 1.82) is 0 Å². The Hall–Kier alpha value is -4.64. The van der Waals surface area contributed by atoms with Gasteiger partial charge in [-0.1, -0.05) is 36.4 Å². The van der Waals surface area contributed by atoms with Gasteiger partial charge in [0.2, 0.25) is 6.41 Å². The fraction of sp³-hybridized carbons (Fsp3) is 0.375. The Kier molecular flexibility index (Phi) is 8.15. The van der Waals surface area contributed by atoms with E-state index in [1.807, 2.05) is 35.2 Å². The molecule has 2 saturated heterocycles. The Labute approximate surface area is 250 Å². The normalized spacial score (nSPS) is 20.1. The van der Waals surface area contributed by atoms with Gasteiger partial charge in [-0.3, -0.25) is 14.6 Å². The van der Waals surface area contributed by atoms with Crippen molar-refractivity contribution in [1.82, 2.24) is 40.3 Å². The molecule has 1 N–H and O–H groups in total. The molecule has 6 rings (SSSR count). The van der Waals surface area contributed by atoms with E-state index in [2.05, 4.69) is 55.0 Å². The van der Waals surface area contributed by atoms with Gasteiger partial charge in [0.25, 0.3) is 5.91 Å². The highest BCUT2D eigenvalue weighted by Gasteiger charge is 2.43. The Morgan fingerprint density at radius 3 is 2.53 bits per heavy atom. The van der Waals surface area contributed by atoms with Gasteiger partial charge in [0, 0.05) is 37.8 Å². The van der Waals surface area contributed by atoms with Crippen LogP contribution in [0.4, 0.5) is 0 Å². The molecule has 0 radical (unpaired) electrons. The Morgan fingerprint density at radius 1 is 1.02 bits per heavy atom. The second-order valence-corrected chi connectivity index (χ2v) is 11.4. The maximum absolute atomic E-state index is 14.0. The predicted octanol–water partition coefficient (Wildman–Crippen LogP) is 2.98. The highest BCUT2D eigenvalue weighted by molar-refractivity contribution is 5.97. The minimum Gasteiger partial charge on any atom is -0.496 e. The number of rotatable bonds is 10. The summed E-state index contributed by atoms with van der Waals surface area (Å²) in [5.74, 6) is 0.454. The number of hydrogen-bond acceptors (Lipinski definition) is 8. The summed E-state index contributed by atoms with van der Waals surface area (Å²) in [7, 11) is 1.58. The van der Waals surface area contributed by atoms with Crippen LogP contribution in [0.5, 0.6) is 5.75 Å². The fourth-order valence-corrected chi connectivity index (χ4v) is 6.64. The molecular weight excluding hydrogens is 544 g/mol. The van der Waals surface area contributed by atoms with E-state index >= 15 is 0 Å². The van der Waals surface area contributed by atoms with E-state index < -0.39 is 5.54 Å². The van der Waals surface area contributed by atoms with E-state index in [1.165, 1.54) is 16.6 Å². The topological polar surface area (TPSA) is 118 Å². The number of carbonyl (C=O) groups is 2. The largest absolute Gasteiger partial charge is 0.496 e. The molecule has 0 aliphatic carbocycles. The van der Waals surface area contributed by atoms with Crippen molar-refractivity contribution >= 4 is 12.3 Å². The average molecular weight is 581 g/mol. The van der Waals surface area contributed by atoms with Crippen LogP contribution in [0.2, 0.25) is 0 Å². The van der Waals surface area contributed by atoms with Crippen molar-refractivity contribution < 1.29 is 14.3 Å². The third-order valence-corrected chi connectivity index (χ3v) is 9.16. The maximum Gasteiger partial charge on any atom is 0.257 e. The first-order valence-electron chi connectivity index (χ1n) is 14.7. The summed E-state index contributed by atoms with van der Waals surface area (Å²) in [6, 6.07) is 21.8. The van der Waals surface area contributed by atoms with Crippen molar-refractivity contribution in [2.45, 2.75) is 36.6 Å². The Bertz CT molecular complexity index is 1520. The fourth-order valence-electron chi connectivity index (χ4n) is 6.64. The molecule has 2 aliphatic heterocycles. The van der Waals surface area contributed by atoms with Crippen molar-refractivity contribution in [3.63, 3.8) is 0 Å². The van der Waals surface area contributed by atoms with Crippen LogP contribution in [0, 0.1) is 0 Å². The zero-order valence-electron chi connectivity index (χ0n) is 24.3. The summed E-state index contributed by atoms with van der Waals surface area (Å²) in [4.78, 5) is 34.5. The lowest BCUT2D eigenvalue weighted by molar-refractivity contribution is -0.112. The summed E-state index contributed by atoms with van der Waals surface area (Å²) in [5, 5.41) is 14.5. The molecule has 0 bridgehead atoms. The number of piperidine rings is 1. The molecule has 2 aliphatic rings. The molecule has 43 heavy (non-hydrogen) atoms. The van der Waals surface area contributed by atoms with Crippen LogP contribution < -0.4 is 10.1 Å². The smallest absolute Gasteiger partial charge is 0.257 e. The van der Waals surface area contributed by atoms with Gasteiger partial charge in [-0.05, 0) is 78.6 Å². The number of tetrazole rings is 1. The summed E-state index contributed by atoms with van der Waals surface area (Å²) >= 11 is 0. The number of nitrogens with zero attached hydrogens (tertiary/aromatic N) is 7. The van der Waals surface area contributed by atoms with Crippen LogP contribution in [0.3, 0.4) is 0 Å². The molecule has 11 nitrogen and oxygen atoms in total. The Balaban J connectivity index is 1.19. The third kappa shape index (κ3) is 5.72. The molecule has 2 aromatic heterocycles. The van der Waals surface area contributed by atoms with Crippen LogP contribution in [0.15, 0.2) is 79.3 Å². The second-order valence-electron chi connectivity index (χ2n) is 11.4. The van der Waals surface area contributed by atoms with Gasteiger partial charge >= 0.3 is 0 Å². The minimum atomic E-state index is -0.441. The van der Waals surface area contributed by atoms with E-state index in [-0.39, 0.29) is 11.3 Å². The monoisotopic (exact) mass is 580 g/mol. The molecule has 4 heterocycles. The first-order valence-corrected chi connectivity index (χ1v) is 14.7. The van der Waals surface area contributed by atoms with Gasteiger partial charge in [-0.2, -0.15) is 0 Å². The average Bonchev–Trinajstić information content (AvgIpc) is 3.77. The predicted molar refractivity (Wildman–Crippen MR) is 160 cm³/mol. The molecule has 2 fully saturated rings. The molecule has 222 valence electrons. The zero-order chi connectivity index (χ0) is 29.7. The Morgan fingerprint density at radius 2 is 1.84 bits per heavy atom. The van der Waals surface area contributed by atoms with Crippen LogP contribution in [-0.2, 0) is 15.7 Å². The van der Waals surface area contributed by atoms with Crippen LogP contribution in [0.1, 0.15) is 47.3 Å². The van der Waals surface area contributed by atoms with Crippen molar-refractivity contribution in [3.8, 4) is 11.4 Å². The number of pyridine rings is 1. The molecule has 11 heteroatoms. The molecule has 0 saturated carbocycles. The molecule has 1 unspecified atom stereocenters.